The van der Waals surface area contributed by atoms with Crippen LogP contribution in [0.15, 0.2) is 42.5 Å². The monoisotopic (exact) mass is 277 g/mol. The first-order valence-electron chi connectivity index (χ1n) is 7.52. The number of aromatic nitrogens is 2. The van der Waals surface area contributed by atoms with Crippen LogP contribution in [-0.2, 0) is 19.5 Å². The van der Waals surface area contributed by atoms with E-state index >= 15 is 0 Å². The first kappa shape index (κ1) is 12.6. The Morgan fingerprint density at radius 3 is 2.90 bits per heavy atom. The molecule has 4 rings (SSSR count). The van der Waals surface area contributed by atoms with Crippen LogP contribution in [0.3, 0.4) is 0 Å². The number of benzene rings is 2. The molecule has 1 aliphatic heterocycles. The highest BCUT2D eigenvalue weighted by atomic mass is 15.2. The highest BCUT2D eigenvalue weighted by Crippen LogP contribution is 2.20. The third-order valence-electron chi connectivity index (χ3n) is 4.27. The topological polar surface area (TPSA) is 31.9 Å². The Balaban J connectivity index is 1.55. The maximum Gasteiger partial charge on any atom is 0.121 e. The lowest BCUT2D eigenvalue weighted by Gasteiger charge is -2.27. The van der Waals surface area contributed by atoms with Crippen LogP contribution in [-0.4, -0.2) is 21.4 Å². The largest absolute Gasteiger partial charge is 0.341 e. The molecule has 0 unspecified atom stereocenters. The Bertz CT molecular complexity index is 788. The highest BCUT2D eigenvalue weighted by molar-refractivity contribution is 5.75. The van der Waals surface area contributed by atoms with Gasteiger partial charge in [0.25, 0.3) is 0 Å². The van der Waals surface area contributed by atoms with E-state index < -0.39 is 0 Å². The molecule has 106 valence electrons. The number of nitrogens with one attached hydrogen (secondary N) is 1. The minimum absolute atomic E-state index is 0.891. The third-order valence-corrected chi connectivity index (χ3v) is 4.27. The molecule has 3 heteroatoms. The second-order valence-corrected chi connectivity index (χ2v) is 5.93. The zero-order chi connectivity index (χ0) is 14.2. The van der Waals surface area contributed by atoms with E-state index in [2.05, 4.69) is 59.3 Å². The molecule has 3 aromatic rings. The van der Waals surface area contributed by atoms with Gasteiger partial charge in [0, 0.05) is 13.1 Å². The number of hydrogen-bond donors (Lipinski definition) is 1. The molecular formula is C18H19N3. The van der Waals surface area contributed by atoms with Crippen molar-refractivity contribution in [2.75, 3.05) is 6.54 Å². The van der Waals surface area contributed by atoms with Gasteiger partial charge in [-0.2, -0.15) is 0 Å². The molecule has 0 aliphatic carbocycles. The van der Waals surface area contributed by atoms with E-state index in [1.807, 2.05) is 0 Å². The van der Waals surface area contributed by atoms with Crippen LogP contribution in [0.1, 0.15) is 22.5 Å². The lowest BCUT2D eigenvalue weighted by atomic mass is 10.00. The maximum atomic E-state index is 4.71. The van der Waals surface area contributed by atoms with Gasteiger partial charge in [0.15, 0.2) is 0 Å². The quantitative estimate of drug-likeness (QED) is 0.778. The summed E-state index contributed by atoms with van der Waals surface area (Å²) in [5.41, 5.74) is 6.42. The Morgan fingerprint density at radius 2 is 2.00 bits per heavy atom. The lowest BCUT2D eigenvalue weighted by Crippen LogP contribution is -2.30. The first-order chi connectivity index (χ1) is 10.3. The Morgan fingerprint density at radius 1 is 1.14 bits per heavy atom. The molecule has 0 saturated carbocycles. The summed E-state index contributed by atoms with van der Waals surface area (Å²) < 4.78 is 0. The number of aromatic amines is 1. The molecule has 1 N–H and O–H groups in total. The van der Waals surface area contributed by atoms with Gasteiger partial charge in [-0.1, -0.05) is 30.3 Å². The van der Waals surface area contributed by atoms with Crippen molar-refractivity contribution in [2.24, 2.45) is 0 Å². The van der Waals surface area contributed by atoms with E-state index in [1.54, 1.807) is 0 Å². The van der Waals surface area contributed by atoms with Gasteiger partial charge in [-0.15, -0.1) is 0 Å². The fourth-order valence-electron chi connectivity index (χ4n) is 3.15. The minimum atomic E-state index is 0.891. The average molecular weight is 277 g/mol. The summed E-state index contributed by atoms with van der Waals surface area (Å²) in [5, 5.41) is 0. The van der Waals surface area contributed by atoms with Crippen LogP contribution >= 0.6 is 0 Å². The van der Waals surface area contributed by atoms with Crippen LogP contribution in [0.5, 0.6) is 0 Å². The van der Waals surface area contributed by atoms with E-state index in [0.717, 1.165) is 42.9 Å². The number of fused-ring (bicyclic) bond motifs is 2. The molecule has 0 spiro atoms. The predicted molar refractivity (Wildman–Crippen MR) is 85.1 cm³/mol. The SMILES string of the molecule is Cc1ccc2nc(CN3CCc4ccccc4C3)[nH]c2c1. The Hall–Kier alpha value is -2.13. The number of hydrogen-bond acceptors (Lipinski definition) is 2. The minimum Gasteiger partial charge on any atom is -0.341 e. The van der Waals surface area contributed by atoms with Crippen LogP contribution in [0.25, 0.3) is 11.0 Å². The van der Waals surface area contributed by atoms with E-state index in [9.17, 15) is 0 Å². The number of H-pyrrole nitrogens is 1. The molecule has 3 nitrogen and oxygen atoms in total. The summed E-state index contributed by atoms with van der Waals surface area (Å²) in [6.45, 7) is 5.13. The zero-order valence-electron chi connectivity index (χ0n) is 12.3. The van der Waals surface area contributed by atoms with Crippen molar-refractivity contribution in [3.8, 4) is 0 Å². The molecule has 1 aliphatic rings. The van der Waals surface area contributed by atoms with Gasteiger partial charge in [-0.05, 0) is 42.2 Å². The molecular weight excluding hydrogens is 258 g/mol. The number of imidazole rings is 1. The van der Waals surface area contributed by atoms with Crippen molar-refractivity contribution in [3.63, 3.8) is 0 Å². The lowest BCUT2D eigenvalue weighted by molar-refractivity contribution is 0.240. The van der Waals surface area contributed by atoms with Gasteiger partial charge in [-0.3, -0.25) is 4.90 Å². The van der Waals surface area contributed by atoms with Crippen LogP contribution in [0.4, 0.5) is 0 Å². The average Bonchev–Trinajstić information content (AvgIpc) is 2.88. The highest BCUT2D eigenvalue weighted by Gasteiger charge is 2.17. The van der Waals surface area contributed by atoms with Crippen LogP contribution in [0, 0.1) is 6.92 Å². The van der Waals surface area contributed by atoms with E-state index in [-0.39, 0.29) is 0 Å². The summed E-state index contributed by atoms with van der Waals surface area (Å²) in [4.78, 5) is 10.6. The molecule has 0 atom stereocenters. The van der Waals surface area contributed by atoms with E-state index in [0.29, 0.717) is 0 Å². The van der Waals surface area contributed by atoms with Crippen molar-refractivity contribution in [1.82, 2.24) is 14.9 Å². The fourth-order valence-corrected chi connectivity index (χ4v) is 3.15. The summed E-state index contributed by atoms with van der Waals surface area (Å²) in [7, 11) is 0. The second-order valence-electron chi connectivity index (χ2n) is 5.93. The summed E-state index contributed by atoms with van der Waals surface area (Å²) in [6, 6.07) is 15.1. The van der Waals surface area contributed by atoms with Crippen molar-refractivity contribution < 1.29 is 0 Å². The van der Waals surface area contributed by atoms with Gasteiger partial charge in [0.2, 0.25) is 0 Å². The zero-order valence-corrected chi connectivity index (χ0v) is 12.3. The predicted octanol–water partition coefficient (Wildman–Crippen LogP) is 3.43. The number of nitrogens with zero attached hydrogens (tertiary/aromatic N) is 2. The molecule has 0 fully saturated rings. The molecule has 0 saturated heterocycles. The standard InChI is InChI=1S/C18H19N3/c1-13-6-7-16-17(10-13)20-18(19-16)12-21-9-8-14-4-2-3-5-15(14)11-21/h2-7,10H,8-9,11-12H2,1H3,(H,19,20). The first-order valence-corrected chi connectivity index (χ1v) is 7.52. The Labute approximate surface area is 124 Å². The normalized spacial score (nSPS) is 15.3. The van der Waals surface area contributed by atoms with Crippen molar-refractivity contribution >= 4 is 11.0 Å². The summed E-state index contributed by atoms with van der Waals surface area (Å²) in [5.74, 6) is 1.06. The van der Waals surface area contributed by atoms with Crippen LogP contribution < -0.4 is 0 Å². The Kier molecular flexibility index (Phi) is 3.00. The molecule has 0 amide bonds. The number of aryl methyl sites for hydroxylation is 1. The van der Waals surface area contributed by atoms with Gasteiger partial charge in [-0.25, -0.2) is 4.98 Å². The molecule has 2 aromatic carbocycles. The van der Waals surface area contributed by atoms with Crippen molar-refractivity contribution in [1.29, 1.82) is 0 Å². The summed E-state index contributed by atoms with van der Waals surface area (Å²) >= 11 is 0. The molecule has 0 radical (unpaired) electrons. The number of rotatable bonds is 2. The van der Waals surface area contributed by atoms with Gasteiger partial charge in [0.05, 0.1) is 17.6 Å². The smallest absolute Gasteiger partial charge is 0.121 e. The second kappa shape index (κ2) is 5.01. The molecule has 0 bridgehead atoms. The molecule has 21 heavy (non-hydrogen) atoms. The molecule has 1 aromatic heterocycles. The van der Waals surface area contributed by atoms with Crippen LogP contribution in [0.2, 0.25) is 0 Å². The van der Waals surface area contributed by atoms with Gasteiger partial charge < -0.3 is 4.98 Å². The fraction of sp³-hybridized carbons (Fsp3) is 0.278. The summed E-state index contributed by atoms with van der Waals surface area (Å²) in [6.07, 6.45) is 1.13. The third kappa shape index (κ3) is 2.45. The van der Waals surface area contributed by atoms with Crippen molar-refractivity contribution in [3.05, 3.63) is 65.0 Å². The van der Waals surface area contributed by atoms with Crippen molar-refractivity contribution in [2.45, 2.75) is 26.4 Å². The van der Waals surface area contributed by atoms with Gasteiger partial charge in [0.1, 0.15) is 5.82 Å². The molecule has 2 heterocycles. The van der Waals surface area contributed by atoms with E-state index in [1.165, 1.54) is 16.7 Å². The van der Waals surface area contributed by atoms with Gasteiger partial charge >= 0.3 is 0 Å². The van der Waals surface area contributed by atoms with E-state index in [4.69, 9.17) is 4.98 Å². The maximum absolute atomic E-state index is 4.71.